The fourth-order valence-corrected chi connectivity index (χ4v) is 3.48. The summed E-state index contributed by atoms with van der Waals surface area (Å²) >= 11 is 0. The summed E-state index contributed by atoms with van der Waals surface area (Å²) < 4.78 is 37.4. The third kappa shape index (κ3) is 5.62. The van der Waals surface area contributed by atoms with E-state index in [1.54, 1.807) is 24.3 Å². The van der Waals surface area contributed by atoms with Crippen LogP contribution in [0.3, 0.4) is 0 Å². The minimum atomic E-state index is -1.04. The van der Waals surface area contributed by atoms with E-state index in [2.05, 4.69) is 20.8 Å². The molecule has 3 aromatic rings. The molecule has 1 heterocycles. The van der Waals surface area contributed by atoms with E-state index in [1.807, 2.05) is 0 Å². The van der Waals surface area contributed by atoms with E-state index < -0.39 is 23.5 Å². The van der Waals surface area contributed by atoms with Crippen molar-refractivity contribution in [3.63, 3.8) is 0 Å². The van der Waals surface area contributed by atoms with Crippen molar-refractivity contribution in [1.82, 2.24) is 10.2 Å². The molecule has 0 atom stereocenters. The molecule has 0 saturated heterocycles. The fraction of sp³-hybridized carbons (Fsp3) is 0.273. The van der Waals surface area contributed by atoms with Crippen LogP contribution >= 0.6 is 0 Å². The van der Waals surface area contributed by atoms with Crippen LogP contribution in [0.4, 0.5) is 26.2 Å². The number of amides is 1. The SMILES string of the molecule is O=C(Nc1ccc(O[C@H]2CC[C@@H](C(=O)O)CC2)cc1)c1nnc(Nc2ccc(F)c(F)c2)o1. The molecule has 0 spiro atoms. The molecule has 1 amide bonds. The second-order valence-electron chi connectivity index (χ2n) is 7.57. The number of nitrogens with one attached hydrogen (secondary N) is 2. The lowest BCUT2D eigenvalue weighted by molar-refractivity contribution is -0.143. The van der Waals surface area contributed by atoms with Gasteiger partial charge in [-0.2, -0.15) is 0 Å². The number of nitrogens with zero attached hydrogens (tertiary/aromatic N) is 2. The minimum Gasteiger partial charge on any atom is -0.490 e. The van der Waals surface area contributed by atoms with Gasteiger partial charge in [0.2, 0.25) is 0 Å². The van der Waals surface area contributed by atoms with Crippen LogP contribution in [-0.2, 0) is 4.79 Å². The van der Waals surface area contributed by atoms with Crippen molar-refractivity contribution >= 4 is 29.3 Å². The molecule has 1 aliphatic carbocycles. The Morgan fingerprint density at radius 3 is 2.33 bits per heavy atom. The number of anilines is 3. The topological polar surface area (TPSA) is 127 Å². The smallest absolute Gasteiger partial charge is 0.320 e. The molecule has 1 aromatic heterocycles. The molecule has 1 fully saturated rings. The van der Waals surface area contributed by atoms with E-state index >= 15 is 0 Å². The average molecular weight is 458 g/mol. The highest BCUT2D eigenvalue weighted by Gasteiger charge is 2.27. The standard InChI is InChI=1S/C22H20F2N4O5/c23-17-10-5-14(11-18(17)24)26-22-28-27-20(33-22)19(29)25-13-3-8-16(9-4-13)32-15-6-1-12(2-7-15)21(30)31/h3-5,8-12,15H,1-2,6-7H2,(H,25,29)(H,26,28)(H,30,31)/t12-,15+. The maximum Gasteiger partial charge on any atom is 0.320 e. The molecule has 1 aliphatic rings. The van der Waals surface area contributed by atoms with Crippen LogP contribution in [0, 0.1) is 17.6 Å². The maximum atomic E-state index is 13.3. The molecule has 2 aromatic carbocycles. The Balaban J connectivity index is 1.30. The molecule has 9 nitrogen and oxygen atoms in total. The number of halogens is 2. The number of rotatable bonds is 7. The van der Waals surface area contributed by atoms with Crippen molar-refractivity contribution in [2.75, 3.05) is 10.6 Å². The van der Waals surface area contributed by atoms with E-state index in [0.29, 0.717) is 37.1 Å². The molecule has 1 saturated carbocycles. The predicted molar refractivity (Wildman–Crippen MR) is 112 cm³/mol. The van der Waals surface area contributed by atoms with Gasteiger partial charge in [-0.3, -0.25) is 9.59 Å². The van der Waals surface area contributed by atoms with Crippen molar-refractivity contribution in [2.45, 2.75) is 31.8 Å². The number of ether oxygens (including phenoxy) is 1. The average Bonchev–Trinajstić information content (AvgIpc) is 3.27. The number of aromatic nitrogens is 2. The van der Waals surface area contributed by atoms with Crippen LogP contribution in [0.5, 0.6) is 5.75 Å². The predicted octanol–water partition coefficient (Wildman–Crippen LogP) is 4.37. The van der Waals surface area contributed by atoms with Crippen molar-refractivity contribution in [3.05, 3.63) is 60.0 Å². The lowest BCUT2D eigenvalue weighted by atomic mass is 9.87. The van der Waals surface area contributed by atoms with Gasteiger partial charge in [-0.1, -0.05) is 5.10 Å². The van der Waals surface area contributed by atoms with Crippen LogP contribution in [0.2, 0.25) is 0 Å². The summed E-state index contributed by atoms with van der Waals surface area (Å²) in [5.41, 5.74) is 0.645. The summed E-state index contributed by atoms with van der Waals surface area (Å²) in [5, 5.41) is 21.6. The Labute approximate surface area is 186 Å². The summed E-state index contributed by atoms with van der Waals surface area (Å²) in [4.78, 5) is 23.4. The number of carbonyl (C=O) groups is 2. The number of aliphatic carboxylic acids is 1. The Kier molecular flexibility index (Phi) is 6.48. The molecule has 0 unspecified atom stereocenters. The van der Waals surface area contributed by atoms with Gasteiger partial charge in [-0.25, -0.2) is 8.78 Å². The molecule has 172 valence electrons. The van der Waals surface area contributed by atoms with E-state index in [0.717, 1.165) is 12.1 Å². The zero-order chi connectivity index (χ0) is 23.4. The van der Waals surface area contributed by atoms with Crippen molar-refractivity contribution in [2.24, 2.45) is 5.92 Å². The number of hydrogen-bond acceptors (Lipinski definition) is 7. The first-order chi connectivity index (χ1) is 15.9. The van der Waals surface area contributed by atoms with Gasteiger partial charge in [0.25, 0.3) is 0 Å². The first kappa shape index (κ1) is 22.2. The molecule has 33 heavy (non-hydrogen) atoms. The van der Waals surface area contributed by atoms with Crippen molar-refractivity contribution in [3.8, 4) is 5.75 Å². The molecule has 3 N–H and O–H groups in total. The monoisotopic (exact) mass is 458 g/mol. The van der Waals surface area contributed by atoms with Crippen LogP contribution in [0.25, 0.3) is 0 Å². The van der Waals surface area contributed by atoms with Gasteiger partial charge in [-0.05, 0) is 62.1 Å². The van der Waals surface area contributed by atoms with Crippen molar-refractivity contribution < 1.29 is 32.6 Å². The highest BCUT2D eigenvalue weighted by atomic mass is 19.2. The van der Waals surface area contributed by atoms with Gasteiger partial charge in [0.15, 0.2) is 11.6 Å². The second-order valence-corrected chi connectivity index (χ2v) is 7.57. The Bertz CT molecular complexity index is 1140. The highest BCUT2D eigenvalue weighted by Crippen LogP contribution is 2.28. The lowest BCUT2D eigenvalue weighted by Crippen LogP contribution is -2.27. The summed E-state index contributed by atoms with van der Waals surface area (Å²) in [6, 6.07) is 9.67. The number of carbonyl (C=O) groups excluding carboxylic acids is 1. The van der Waals surface area contributed by atoms with E-state index in [9.17, 15) is 18.4 Å². The number of benzene rings is 2. The van der Waals surface area contributed by atoms with E-state index in [-0.39, 0.29) is 29.6 Å². The fourth-order valence-electron chi connectivity index (χ4n) is 3.48. The molecule has 11 heteroatoms. The first-order valence-electron chi connectivity index (χ1n) is 10.2. The second kappa shape index (κ2) is 9.63. The van der Waals surface area contributed by atoms with Gasteiger partial charge >= 0.3 is 23.8 Å². The molecule has 0 bridgehead atoms. The number of hydrogen-bond donors (Lipinski definition) is 3. The zero-order valence-electron chi connectivity index (χ0n) is 17.3. The van der Waals surface area contributed by atoms with Gasteiger partial charge < -0.3 is 24.9 Å². The van der Waals surface area contributed by atoms with Crippen LogP contribution in [0.1, 0.15) is 36.4 Å². The minimum absolute atomic E-state index is 0.0417. The third-order valence-corrected chi connectivity index (χ3v) is 5.23. The lowest BCUT2D eigenvalue weighted by Gasteiger charge is -2.26. The molecule has 0 aliphatic heterocycles. The largest absolute Gasteiger partial charge is 0.490 e. The van der Waals surface area contributed by atoms with Gasteiger partial charge in [0, 0.05) is 17.4 Å². The Morgan fingerprint density at radius 2 is 1.67 bits per heavy atom. The van der Waals surface area contributed by atoms with Gasteiger partial charge in [0.05, 0.1) is 12.0 Å². The van der Waals surface area contributed by atoms with Crippen LogP contribution < -0.4 is 15.4 Å². The Morgan fingerprint density at radius 1 is 0.970 bits per heavy atom. The summed E-state index contributed by atoms with van der Waals surface area (Å²) in [7, 11) is 0. The van der Waals surface area contributed by atoms with E-state index in [4.69, 9.17) is 14.3 Å². The van der Waals surface area contributed by atoms with Gasteiger partial charge in [0.1, 0.15) is 5.75 Å². The van der Waals surface area contributed by atoms with Crippen molar-refractivity contribution in [1.29, 1.82) is 0 Å². The molecule has 4 rings (SSSR count). The molecular weight excluding hydrogens is 438 g/mol. The maximum absolute atomic E-state index is 13.3. The Hall–Kier alpha value is -4.02. The normalized spacial score (nSPS) is 17.9. The molecule has 0 radical (unpaired) electrons. The summed E-state index contributed by atoms with van der Waals surface area (Å²) in [6.07, 6.45) is 2.48. The highest BCUT2D eigenvalue weighted by molar-refractivity contribution is 6.00. The van der Waals surface area contributed by atoms with E-state index in [1.165, 1.54) is 6.07 Å². The quantitative estimate of drug-likeness (QED) is 0.477. The summed E-state index contributed by atoms with van der Waals surface area (Å²) in [5.74, 6) is -3.47. The first-order valence-corrected chi connectivity index (χ1v) is 10.2. The number of carboxylic acids is 1. The van der Waals surface area contributed by atoms with Crippen LogP contribution in [-0.4, -0.2) is 33.3 Å². The third-order valence-electron chi connectivity index (χ3n) is 5.23. The van der Waals surface area contributed by atoms with Gasteiger partial charge in [-0.15, -0.1) is 5.10 Å². The molecular formula is C22H20F2N4O5. The summed E-state index contributed by atoms with van der Waals surface area (Å²) in [6.45, 7) is 0. The number of carboxylic acid groups (broad SMARTS) is 1. The van der Waals surface area contributed by atoms with Crippen LogP contribution in [0.15, 0.2) is 46.9 Å². The zero-order valence-corrected chi connectivity index (χ0v) is 17.3.